The summed E-state index contributed by atoms with van der Waals surface area (Å²) in [6, 6.07) is 0. The van der Waals surface area contributed by atoms with Crippen molar-refractivity contribution in [1.82, 2.24) is 14.9 Å². The number of rotatable bonds is 0. The van der Waals surface area contributed by atoms with Gasteiger partial charge in [0.2, 0.25) is 6.35 Å². The molecule has 0 spiro atoms. The molecule has 13 heavy (non-hydrogen) atoms. The zero-order valence-electron chi connectivity index (χ0n) is 7.44. The predicted molar refractivity (Wildman–Crippen MR) is 47.6 cm³/mol. The van der Waals surface area contributed by atoms with Crippen molar-refractivity contribution in [1.29, 1.82) is 5.41 Å². The monoisotopic (exact) mass is 181 g/mol. The van der Waals surface area contributed by atoms with E-state index in [1.165, 1.54) is 11.2 Å². The van der Waals surface area contributed by atoms with Crippen molar-refractivity contribution in [3.8, 4) is 0 Å². The van der Waals surface area contributed by atoms with Gasteiger partial charge in [-0.3, -0.25) is 5.41 Å². The maximum Gasteiger partial charge on any atom is 0.209 e. The van der Waals surface area contributed by atoms with E-state index in [1.54, 1.807) is 19.0 Å². The lowest BCUT2D eigenvalue weighted by Gasteiger charge is -2.37. The number of fused-ring (bicyclic) bond motifs is 1. The van der Waals surface area contributed by atoms with Crippen LogP contribution in [0, 0.1) is 5.41 Å². The van der Waals surface area contributed by atoms with Gasteiger partial charge in [0.15, 0.2) is 11.7 Å². The Morgan fingerprint density at radius 2 is 2.23 bits per heavy atom. The number of hydrogen-bond acceptors (Lipinski definition) is 4. The highest BCUT2D eigenvalue weighted by Gasteiger charge is 2.31. The van der Waals surface area contributed by atoms with Gasteiger partial charge in [-0.25, -0.2) is 4.98 Å². The number of aromatic nitrogens is 2. The van der Waals surface area contributed by atoms with Gasteiger partial charge in [0.05, 0.1) is 6.33 Å². The zero-order valence-corrected chi connectivity index (χ0v) is 7.44. The van der Waals surface area contributed by atoms with Crippen LogP contribution < -0.4 is 4.90 Å². The largest absolute Gasteiger partial charge is 0.356 e. The fraction of sp³-hybridized carbons (Fsp3) is 0.429. The molecular formula is C7H11N5O. The highest BCUT2D eigenvalue weighted by molar-refractivity contribution is 6.00. The summed E-state index contributed by atoms with van der Waals surface area (Å²) in [5.74, 6) is 0.855. The lowest BCUT2D eigenvalue weighted by atomic mass is 10.3. The fourth-order valence-electron chi connectivity index (χ4n) is 1.39. The molecule has 1 atom stereocenters. The molecule has 1 aromatic heterocycles. The molecule has 0 saturated carbocycles. The van der Waals surface area contributed by atoms with Crippen LogP contribution in [0.25, 0.3) is 0 Å². The summed E-state index contributed by atoms with van der Waals surface area (Å²) < 4.78 is 0. The van der Waals surface area contributed by atoms with Gasteiger partial charge in [-0.2, -0.15) is 0 Å². The Morgan fingerprint density at radius 1 is 1.54 bits per heavy atom. The first kappa shape index (κ1) is 8.06. The third kappa shape index (κ3) is 0.919. The van der Waals surface area contributed by atoms with Crippen molar-refractivity contribution >= 4 is 11.7 Å². The highest BCUT2D eigenvalue weighted by atomic mass is 16.3. The average Bonchev–Trinajstić information content (AvgIpc) is 2.59. The fourth-order valence-corrected chi connectivity index (χ4v) is 1.39. The Kier molecular flexibility index (Phi) is 1.53. The maximum absolute atomic E-state index is 9.64. The van der Waals surface area contributed by atoms with Crippen LogP contribution in [0.2, 0.25) is 0 Å². The van der Waals surface area contributed by atoms with Crippen molar-refractivity contribution in [2.45, 2.75) is 6.35 Å². The van der Waals surface area contributed by atoms with E-state index in [2.05, 4.69) is 9.97 Å². The zero-order chi connectivity index (χ0) is 9.59. The van der Waals surface area contributed by atoms with Crippen molar-refractivity contribution in [3.63, 3.8) is 0 Å². The van der Waals surface area contributed by atoms with E-state index >= 15 is 0 Å². The number of hydrogen-bond donors (Lipinski definition) is 3. The molecule has 1 aromatic rings. The normalized spacial score (nSPS) is 22.1. The van der Waals surface area contributed by atoms with E-state index in [-0.39, 0.29) is 5.84 Å². The molecule has 2 heterocycles. The number of nitrogens with one attached hydrogen (secondary N) is 2. The molecule has 1 aliphatic rings. The van der Waals surface area contributed by atoms with E-state index in [1.807, 2.05) is 0 Å². The molecule has 0 fully saturated rings. The van der Waals surface area contributed by atoms with E-state index in [0.29, 0.717) is 11.5 Å². The highest BCUT2D eigenvalue weighted by Crippen LogP contribution is 2.23. The number of anilines is 1. The number of aromatic amines is 1. The number of aliphatic hydroxyl groups excluding tert-OH is 1. The lowest BCUT2D eigenvalue weighted by Crippen LogP contribution is -2.52. The van der Waals surface area contributed by atoms with Crippen molar-refractivity contribution in [2.24, 2.45) is 0 Å². The number of amidine groups is 1. The van der Waals surface area contributed by atoms with Crippen molar-refractivity contribution < 1.29 is 5.11 Å². The summed E-state index contributed by atoms with van der Waals surface area (Å²) in [5, 5.41) is 17.3. The van der Waals surface area contributed by atoms with E-state index in [0.717, 1.165) is 0 Å². The second kappa shape index (κ2) is 2.46. The predicted octanol–water partition coefficient (Wildman–Crippen LogP) is -0.607. The molecule has 6 nitrogen and oxygen atoms in total. The van der Waals surface area contributed by atoms with Crippen LogP contribution in [-0.2, 0) is 0 Å². The van der Waals surface area contributed by atoms with Crippen LogP contribution >= 0.6 is 0 Å². The summed E-state index contributed by atoms with van der Waals surface area (Å²) in [6.07, 6.45) is 0.699. The molecule has 0 saturated heterocycles. The average molecular weight is 181 g/mol. The Bertz CT molecular complexity index is 346. The summed E-state index contributed by atoms with van der Waals surface area (Å²) >= 11 is 0. The van der Waals surface area contributed by atoms with E-state index < -0.39 is 6.35 Å². The van der Waals surface area contributed by atoms with Crippen LogP contribution in [0.1, 0.15) is 5.69 Å². The van der Waals surface area contributed by atoms with Gasteiger partial charge in [0.25, 0.3) is 0 Å². The molecule has 0 aromatic carbocycles. The molecule has 70 valence electrons. The van der Waals surface area contributed by atoms with Crippen LogP contribution in [-0.4, -0.2) is 46.3 Å². The van der Waals surface area contributed by atoms with Gasteiger partial charge >= 0.3 is 0 Å². The molecule has 1 aliphatic heterocycles. The first-order valence-corrected chi connectivity index (χ1v) is 3.89. The number of H-pyrrole nitrogens is 1. The lowest BCUT2D eigenvalue weighted by molar-refractivity contribution is 0.0662. The minimum absolute atomic E-state index is 0.248. The van der Waals surface area contributed by atoms with Crippen molar-refractivity contribution in [3.05, 3.63) is 12.0 Å². The van der Waals surface area contributed by atoms with Crippen LogP contribution in [0.5, 0.6) is 0 Å². The van der Waals surface area contributed by atoms with Crippen LogP contribution in [0.15, 0.2) is 6.33 Å². The van der Waals surface area contributed by atoms with Gasteiger partial charge in [-0.15, -0.1) is 0 Å². The first-order chi connectivity index (χ1) is 6.13. The second-order valence-electron chi connectivity index (χ2n) is 3.02. The topological polar surface area (TPSA) is 79.2 Å². The molecule has 0 amide bonds. The number of nitrogens with zero attached hydrogens (tertiary/aromatic N) is 3. The SMILES string of the molecule is CN1C(=N)c2[nH]cnc2N(C)C1O. The first-order valence-electron chi connectivity index (χ1n) is 3.89. The van der Waals surface area contributed by atoms with Crippen molar-refractivity contribution in [2.75, 3.05) is 19.0 Å². The quantitative estimate of drug-likeness (QED) is 0.499. The van der Waals surface area contributed by atoms with Gasteiger partial charge in [-0.1, -0.05) is 0 Å². The smallest absolute Gasteiger partial charge is 0.209 e. The van der Waals surface area contributed by atoms with Crippen LogP contribution in [0.3, 0.4) is 0 Å². The minimum atomic E-state index is -0.816. The van der Waals surface area contributed by atoms with E-state index in [4.69, 9.17) is 5.41 Å². The standard InChI is InChI=1S/C7H11N5O/c1-11-5(8)4-6(10-3-9-4)12(2)7(11)13/h3,7-8,13H,1-2H3,(H,9,10). The number of aliphatic hydroxyl groups is 1. The molecule has 3 N–H and O–H groups in total. The Morgan fingerprint density at radius 3 is 2.92 bits per heavy atom. The van der Waals surface area contributed by atoms with Gasteiger partial charge in [-0.05, 0) is 0 Å². The molecule has 2 rings (SSSR count). The summed E-state index contributed by atoms with van der Waals surface area (Å²) in [6.45, 7) is 0. The number of imidazole rings is 1. The molecule has 0 radical (unpaired) electrons. The van der Waals surface area contributed by atoms with Crippen LogP contribution in [0.4, 0.5) is 5.82 Å². The van der Waals surface area contributed by atoms with Gasteiger partial charge in [0.1, 0.15) is 5.69 Å². The maximum atomic E-state index is 9.64. The third-order valence-corrected chi connectivity index (χ3v) is 2.24. The molecule has 6 heteroatoms. The van der Waals surface area contributed by atoms with Gasteiger partial charge < -0.3 is 19.9 Å². The third-order valence-electron chi connectivity index (χ3n) is 2.24. The summed E-state index contributed by atoms with van der Waals surface area (Å²) in [7, 11) is 3.39. The summed E-state index contributed by atoms with van der Waals surface area (Å²) in [4.78, 5) is 9.93. The Labute approximate surface area is 75.3 Å². The Balaban J connectivity index is 2.52. The molecule has 1 unspecified atom stereocenters. The molecule has 0 aliphatic carbocycles. The Hall–Kier alpha value is -1.56. The van der Waals surface area contributed by atoms with E-state index in [9.17, 15) is 5.11 Å². The second-order valence-corrected chi connectivity index (χ2v) is 3.02. The molecular weight excluding hydrogens is 170 g/mol. The van der Waals surface area contributed by atoms with Gasteiger partial charge in [0, 0.05) is 14.1 Å². The summed E-state index contributed by atoms with van der Waals surface area (Å²) in [5.41, 5.74) is 0.635. The molecule has 0 bridgehead atoms. The minimum Gasteiger partial charge on any atom is -0.356 e.